The molecule has 5 aromatic rings. The zero-order valence-corrected chi connectivity index (χ0v) is 58.4. The quantitative estimate of drug-likeness (QED) is 0.0185. The SMILES string of the molecule is CCC(CC(CC(CC(CC(CC(CC(CC(CC(C)C(=O)NC(C)C)C(=O)NC(C)C)C(=O)NC(C)C)C(=O)NC(C)C)c1ccc(S(=O)(=O)[O-])cc1)c1ccc(S(=O)(=O)O)cc1)c1ccc(S(=O)(=O)O)cc1)c1ccc(S(=O)(=O)O)cc1)c1ccc(S(=O)(=O)[O-])cc1. The fourth-order valence-electron chi connectivity index (χ4n) is 12.1. The minimum absolute atomic E-state index is 0.00475. The Morgan fingerprint density at radius 3 is 0.777 bits per heavy atom. The minimum Gasteiger partial charge on any atom is -0.744 e. The molecule has 9 atom stereocenters. The summed E-state index contributed by atoms with van der Waals surface area (Å²) in [4.78, 5) is 55.0. The van der Waals surface area contributed by atoms with Crippen molar-refractivity contribution in [1.82, 2.24) is 21.3 Å². The topological polar surface area (TPSA) is 394 Å². The van der Waals surface area contributed by atoms with Crippen molar-refractivity contribution in [2.75, 3.05) is 0 Å². The fourth-order valence-corrected chi connectivity index (χ4v) is 14.4. The third-order valence-electron chi connectivity index (χ3n) is 16.6. The van der Waals surface area contributed by atoms with Gasteiger partial charge in [0.1, 0.15) is 20.2 Å². The molecule has 0 saturated carbocycles. The van der Waals surface area contributed by atoms with Gasteiger partial charge in [0.2, 0.25) is 23.6 Å². The van der Waals surface area contributed by atoms with E-state index in [4.69, 9.17) is 0 Å². The van der Waals surface area contributed by atoms with Crippen LogP contribution >= 0.6 is 0 Å². The van der Waals surface area contributed by atoms with Crippen molar-refractivity contribution in [3.8, 4) is 0 Å². The molecule has 7 N–H and O–H groups in total. The number of hydrogen-bond donors (Lipinski definition) is 7. The number of amides is 4. The molecule has 0 aliphatic carbocycles. The number of carbonyl (C=O) groups excluding carboxylic acids is 4. The summed E-state index contributed by atoms with van der Waals surface area (Å²) in [5, 5.41) is 11.8. The molecule has 0 radical (unpaired) electrons. The van der Waals surface area contributed by atoms with Crippen molar-refractivity contribution < 1.29 is 84.0 Å². The summed E-state index contributed by atoms with van der Waals surface area (Å²) in [6, 6.07) is 25.2. The van der Waals surface area contributed by atoms with Crippen LogP contribution in [0.1, 0.15) is 184 Å². The van der Waals surface area contributed by atoms with E-state index in [-0.39, 0.29) is 75.3 Å². The van der Waals surface area contributed by atoms with Crippen molar-refractivity contribution in [3.63, 3.8) is 0 Å². The van der Waals surface area contributed by atoms with E-state index in [9.17, 15) is 79.2 Å². The first-order chi connectivity index (χ1) is 43.5. The van der Waals surface area contributed by atoms with Crippen molar-refractivity contribution in [1.29, 1.82) is 0 Å². The van der Waals surface area contributed by atoms with E-state index < -0.39 is 152 Å². The summed E-state index contributed by atoms with van der Waals surface area (Å²) in [6.45, 7) is 17.6. The van der Waals surface area contributed by atoms with Crippen LogP contribution in [0.15, 0.2) is 146 Å². The Balaban J connectivity index is 1.80. The van der Waals surface area contributed by atoms with Gasteiger partial charge in [-0.05, 0) is 231 Å². The van der Waals surface area contributed by atoms with Crippen LogP contribution < -0.4 is 21.3 Å². The standard InChI is InChI=1S/C66H90N4O19S5/c1-11-45(46-12-22-58(23-13-46)90(75,76)77)33-51(47-14-24-59(25-15-47)91(78,79)80)34-52(48-16-26-60(27-17-48)92(81,82)83)35-53(49-18-28-61(29-19-49)93(84,85)86)36-54(50-20-30-62(31-21-50)94(87,88)89)37-56(65(73)69-42(6)7)39-57(66(74)70-43(8)9)38-55(64(72)68-41(4)5)32-44(10)63(71)67-40(2)3/h12-31,40-45,51-57H,11,32-39H2,1-10H3,(H,67,71)(H,68,72)(H,69,73)(H,70,74)(H,75,76,77)(H,78,79,80)(H,81,82,83)(H,84,85,86)(H,87,88,89)/p-2. The van der Waals surface area contributed by atoms with Crippen molar-refractivity contribution >= 4 is 74.2 Å². The molecule has 0 saturated heterocycles. The zero-order valence-electron chi connectivity index (χ0n) is 54.3. The molecule has 0 heterocycles. The lowest BCUT2D eigenvalue weighted by Gasteiger charge is -2.34. The highest BCUT2D eigenvalue weighted by molar-refractivity contribution is 7.86. The number of rotatable bonds is 35. The number of hydrogen-bond acceptors (Lipinski definition) is 16. The predicted octanol–water partition coefficient (Wildman–Crippen LogP) is 9.57. The summed E-state index contributed by atoms with van der Waals surface area (Å²) in [5.74, 6) is -8.81. The average Bonchev–Trinajstić information content (AvgIpc) is 0.823. The minimum atomic E-state index is -5.02. The van der Waals surface area contributed by atoms with Gasteiger partial charge in [-0.1, -0.05) is 74.5 Å². The first-order valence-electron chi connectivity index (χ1n) is 31.1. The van der Waals surface area contributed by atoms with E-state index in [2.05, 4.69) is 21.3 Å². The Labute approximate surface area is 554 Å². The van der Waals surface area contributed by atoms with Gasteiger partial charge >= 0.3 is 0 Å². The van der Waals surface area contributed by atoms with E-state index in [1.165, 1.54) is 109 Å². The molecule has 0 aromatic heterocycles. The Morgan fingerprint density at radius 1 is 0.319 bits per heavy atom. The maximum absolute atomic E-state index is 15.1. The fraction of sp³-hybridized carbons (Fsp3) is 0.485. The second-order valence-electron chi connectivity index (χ2n) is 25.6. The molecule has 0 bridgehead atoms. The van der Waals surface area contributed by atoms with E-state index in [0.717, 1.165) is 12.1 Å². The zero-order chi connectivity index (χ0) is 70.4. The summed E-state index contributed by atoms with van der Waals surface area (Å²) in [5.41, 5.74) is 2.54. The van der Waals surface area contributed by atoms with Gasteiger partial charge in [-0.25, -0.2) is 16.8 Å². The summed E-state index contributed by atoms with van der Waals surface area (Å²) < 4.78 is 179. The Morgan fingerprint density at radius 2 is 0.532 bits per heavy atom. The van der Waals surface area contributed by atoms with Crippen molar-refractivity contribution in [2.45, 2.75) is 205 Å². The van der Waals surface area contributed by atoms with Gasteiger partial charge in [0.05, 0.1) is 24.5 Å². The smallest absolute Gasteiger partial charge is 0.294 e. The molecule has 0 spiro atoms. The molecular formula is C66H88N4O19S5-2. The molecule has 94 heavy (non-hydrogen) atoms. The number of benzene rings is 5. The van der Waals surface area contributed by atoms with Crippen LogP contribution in [0.25, 0.3) is 0 Å². The summed E-state index contributed by atoms with van der Waals surface area (Å²) >= 11 is 0. The Kier molecular flexibility index (Phi) is 27.9. The lowest BCUT2D eigenvalue weighted by molar-refractivity contribution is -0.131. The third kappa shape index (κ3) is 24.0. The number of nitrogens with one attached hydrogen (secondary N) is 4. The van der Waals surface area contributed by atoms with Gasteiger partial charge in [-0.15, -0.1) is 0 Å². The van der Waals surface area contributed by atoms with Gasteiger partial charge in [-0.2, -0.15) is 25.3 Å². The molecule has 518 valence electrons. The maximum atomic E-state index is 15.1. The molecule has 5 rings (SSSR count). The molecule has 0 aliphatic heterocycles. The van der Waals surface area contributed by atoms with Gasteiger partial charge < -0.3 is 30.4 Å². The van der Waals surface area contributed by atoms with Gasteiger partial charge in [-0.3, -0.25) is 32.8 Å². The monoisotopic (exact) mass is 1400 g/mol. The first-order valence-corrected chi connectivity index (χ1v) is 38.2. The molecule has 0 fully saturated rings. The molecule has 0 aliphatic rings. The highest BCUT2D eigenvalue weighted by Crippen LogP contribution is 2.47. The third-order valence-corrected chi connectivity index (χ3v) is 20.9. The molecule has 28 heteroatoms. The molecule has 23 nitrogen and oxygen atoms in total. The van der Waals surface area contributed by atoms with Crippen molar-refractivity contribution in [2.24, 2.45) is 23.7 Å². The van der Waals surface area contributed by atoms with Crippen LogP contribution in [0, 0.1) is 23.7 Å². The van der Waals surface area contributed by atoms with Crippen molar-refractivity contribution in [3.05, 3.63) is 149 Å². The van der Waals surface area contributed by atoms with Gasteiger partial charge in [0.15, 0.2) is 0 Å². The van der Waals surface area contributed by atoms with Crippen LogP contribution in [0.5, 0.6) is 0 Å². The summed E-state index contributed by atoms with van der Waals surface area (Å²) in [7, 11) is -24.1. The van der Waals surface area contributed by atoms with E-state index in [0.29, 0.717) is 34.2 Å². The van der Waals surface area contributed by atoms with E-state index in [1.54, 1.807) is 62.3 Å². The largest absolute Gasteiger partial charge is 0.744 e. The average molecular weight is 1400 g/mol. The lowest BCUT2D eigenvalue weighted by Crippen LogP contribution is -2.44. The molecule has 5 aromatic carbocycles. The Bertz CT molecular complexity index is 3960. The van der Waals surface area contributed by atoms with E-state index in [1.807, 2.05) is 6.92 Å². The molecule has 9 unspecified atom stereocenters. The van der Waals surface area contributed by atoms with Crippen LogP contribution in [-0.4, -0.2) is 113 Å². The van der Waals surface area contributed by atoms with Crippen LogP contribution in [0.2, 0.25) is 0 Å². The molecular weight excluding hydrogens is 1310 g/mol. The highest BCUT2D eigenvalue weighted by atomic mass is 32.2. The molecule has 4 amide bonds. The normalized spacial score (nSPS) is 15.5. The predicted molar refractivity (Wildman–Crippen MR) is 351 cm³/mol. The second kappa shape index (κ2) is 33.5. The number of carbonyl (C=O) groups is 4. The first kappa shape index (κ1) is 78.2. The van der Waals surface area contributed by atoms with Gasteiger partial charge in [0.25, 0.3) is 30.4 Å². The maximum Gasteiger partial charge on any atom is 0.294 e. The lowest BCUT2D eigenvalue weighted by atomic mass is 9.71. The highest BCUT2D eigenvalue weighted by Gasteiger charge is 2.37. The van der Waals surface area contributed by atoms with Gasteiger partial charge in [0, 0.05) is 47.8 Å². The van der Waals surface area contributed by atoms with Crippen LogP contribution in [0.4, 0.5) is 0 Å². The second-order valence-corrected chi connectivity index (χ2v) is 32.6. The summed E-state index contributed by atoms with van der Waals surface area (Å²) in [6.07, 6.45) is 0.529. The van der Waals surface area contributed by atoms with E-state index >= 15 is 4.79 Å². The Hall–Kier alpha value is -6.47. The van der Waals surface area contributed by atoms with Crippen LogP contribution in [-0.2, 0) is 69.8 Å². The van der Waals surface area contributed by atoms with Crippen LogP contribution in [0.3, 0.4) is 0 Å².